The van der Waals surface area contributed by atoms with Gasteiger partial charge >= 0.3 is 11.9 Å². The molecule has 34 heavy (non-hydrogen) atoms. The van der Waals surface area contributed by atoms with E-state index < -0.39 is 23.5 Å². The van der Waals surface area contributed by atoms with Gasteiger partial charge in [-0.05, 0) is 41.8 Å². The van der Waals surface area contributed by atoms with Gasteiger partial charge in [0.25, 0.3) is 0 Å². The lowest BCUT2D eigenvalue weighted by molar-refractivity contribution is -0.158. The number of halogens is 3. The summed E-state index contributed by atoms with van der Waals surface area (Å²) in [5.41, 5.74) is 1.53. The third-order valence-electron chi connectivity index (χ3n) is 5.06. The summed E-state index contributed by atoms with van der Waals surface area (Å²) in [6, 6.07) is 11.4. The standard InChI is InChI=1S/C25H29Cl3O6/c1-16(29)32-14-21(34-17(2)30)15-33-24-22(27)12-19(13-23(24)28)25(3,4)18-6-8-20(9-7-18)31-11-5-10-26/h6-9,12-13,21H,5,10-11,14-15H2,1-4H3. The van der Waals surface area contributed by atoms with Crippen LogP contribution in [0.1, 0.15) is 45.2 Å². The second kappa shape index (κ2) is 13.1. The molecule has 1 atom stereocenters. The Labute approximate surface area is 215 Å². The van der Waals surface area contributed by atoms with Crippen LogP contribution in [0.2, 0.25) is 10.0 Å². The molecule has 0 aromatic heterocycles. The van der Waals surface area contributed by atoms with Crippen molar-refractivity contribution in [1.29, 1.82) is 0 Å². The maximum absolute atomic E-state index is 11.3. The molecule has 0 aliphatic carbocycles. The molecule has 0 N–H and O–H groups in total. The molecule has 0 amide bonds. The van der Waals surface area contributed by atoms with Crippen molar-refractivity contribution < 1.29 is 28.5 Å². The average molecular weight is 532 g/mol. The number of alkyl halides is 1. The van der Waals surface area contributed by atoms with Crippen molar-refractivity contribution in [3.05, 3.63) is 57.6 Å². The molecule has 1 unspecified atom stereocenters. The minimum atomic E-state index is -0.796. The fourth-order valence-electron chi connectivity index (χ4n) is 3.18. The highest BCUT2D eigenvalue weighted by Crippen LogP contribution is 2.40. The zero-order valence-corrected chi connectivity index (χ0v) is 21.9. The van der Waals surface area contributed by atoms with Gasteiger partial charge in [-0.25, -0.2) is 0 Å². The zero-order chi connectivity index (χ0) is 25.3. The molecule has 2 aromatic carbocycles. The Morgan fingerprint density at radius 3 is 2.06 bits per heavy atom. The second-order valence-electron chi connectivity index (χ2n) is 8.15. The number of carbonyl (C=O) groups is 2. The van der Waals surface area contributed by atoms with E-state index in [4.69, 9.17) is 53.8 Å². The Balaban J connectivity index is 2.16. The predicted molar refractivity (Wildman–Crippen MR) is 134 cm³/mol. The third kappa shape index (κ3) is 8.26. The van der Waals surface area contributed by atoms with E-state index in [1.165, 1.54) is 13.8 Å². The van der Waals surface area contributed by atoms with Gasteiger partial charge in [-0.1, -0.05) is 49.2 Å². The molecule has 186 valence electrons. The number of hydrogen-bond acceptors (Lipinski definition) is 6. The molecule has 0 radical (unpaired) electrons. The van der Waals surface area contributed by atoms with Gasteiger partial charge in [-0.3, -0.25) is 9.59 Å². The summed E-state index contributed by atoms with van der Waals surface area (Å²) in [7, 11) is 0. The number of ether oxygens (including phenoxy) is 4. The molecule has 0 fully saturated rings. The number of hydrogen-bond donors (Lipinski definition) is 0. The lowest BCUT2D eigenvalue weighted by Crippen LogP contribution is -2.30. The van der Waals surface area contributed by atoms with Crippen molar-refractivity contribution in [2.45, 2.75) is 45.6 Å². The minimum absolute atomic E-state index is 0.0831. The highest BCUT2D eigenvalue weighted by molar-refractivity contribution is 6.37. The smallest absolute Gasteiger partial charge is 0.303 e. The Bertz CT molecular complexity index is 952. The normalized spacial score (nSPS) is 12.1. The second-order valence-corrected chi connectivity index (χ2v) is 9.35. The molecule has 0 spiro atoms. The van der Waals surface area contributed by atoms with Gasteiger partial charge in [-0.2, -0.15) is 0 Å². The van der Waals surface area contributed by atoms with E-state index in [-0.39, 0.29) is 19.0 Å². The molecule has 0 saturated carbocycles. The first-order valence-corrected chi connectivity index (χ1v) is 12.1. The van der Waals surface area contributed by atoms with E-state index in [9.17, 15) is 9.59 Å². The molecule has 0 bridgehead atoms. The van der Waals surface area contributed by atoms with E-state index in [2.05, 4.69) is 13.8 Å². The molecule has 2 rings (SSSR count). The lowest BCUT2D eigenvalue weighted by atomic mass is 9.78. The van der Waals surface area contributed by atoms with Crippen LogP contribution in [-0.4, -0.2) is 43.7 Å². The first-order valence-electron chi connectivity index (χ1n) is 10.8. The van der Waals surface area contributed by atoms with Crippen molar-refractivity contribution in [2.75, 3.05) is 25.7 Å². The van der Waals surface area contributed by atoms with Gasteiger partial charge in [-0.15, -0.1) is 11.6 Å². The van der Waals surface area contributed by atoms with E-state index in [1.54, 1.807) is 12.1 Å². The number of rotatable bonds is 12. The van der Waals surface area contributed by atoms with Crippen LogP contribution in [0.15, 0.2) is 36.4 Å². The molecular formula is C25H29Cl3O6. The van der Waals surface area contributed by atoms with Gasteiger partial charge in [0.05, 0.1) is 16.7 Å². The summed E-state index contributed by atoms with van der Waals surface area (Å²) >= 11 is 18.7. The van der Waals surface area contributed by atoms with E-state index >= 15 is 0 Å². The molecule has 0 heterocycles. The van der Waals surface area contributed by atoms with Crippen LogP contribution in [0, 0.1) is 0 Å². The van der Waals surface area contributed by atoms with Crippen molar-refractivity contribution in [3.8, 4) is 11.5 Å². The molecule has 0 aliphatic heterocycles. The summed E-state index contributed by atoms with van der Waals surface area (Å²) in [6.45, 7) is 7.00. The number of benzene rings is 2. The van der Waals surface area contributed by atoms with Crippen LogP contribution in [-0.2, 0) is 24.5 Å². The van der Waals surface area contributed by atoms with Gasteiger partial charge in [0.15, 0.2) is 11.9 Å². The topological polar surface area (TPSA) is 71.1 Å². The van der Waals surface area contributed by atoms with Crippen LogP contribution in [0.4, 0.5) is 0 Å². The molecule has 6 nitrogen and oxygen atoms in total. The maximum Gasteiger partial charge on any atom is 0.303 e. The Kier molecular flexibility index (Phi) is 10.8. The summed E-state index contributed by atoms with van der Waals surface area (Å²) in [5, 5.41) is 0.622. The first-order chi connectivity index (χ1) is 16.0. The van der Waals surface area contributed by atoms with Gasteiger partial charge in [0.2, 0.25) is 0 Å². The van der Waals surface area contributed by atoms with Crippen molar-refractivity contribution in [2.24, 2.45) is 0 Å². The van der Waals surface area contributed by atoms with Crippen LogP contribution in [0.25, 0.3) is 0 Å². The van der Waals surface area contributed by atoms with E-state index in [0.29, 0.717) is 22.5 Å². The van der Waals surface area contributed by atoms with Crippen molar-refractivity contribution in [3.63, 3.8) is 0 Å². The van der Waals surface area contributed by atoms with Gasteiger partial charge < -0.3 is 18.9 Å². The Morgan fingerprint density at radius 1 is 0.912 bits per heavy atom. The van der Waals surface area contributed by atoms with Gasteiger partial charge in [0.1, 0.15) is 19.0 Å². The molecule has 0 saturated heterocycles. The largest absolute Gasteiger partial charge is 0.494 e. The highest BCUT2D eigenvalue weighted by atomic mass is 35.5. The summed E-state index contributed by atoms with van der Waals surface area (Å²) in [5.74, 6) is 0.579. The quantitative estimate of drug-likeness (QED) is 0.184. The molecular weight excluding hydrogens is 503 g/mol. The lowest BCUT2D eigenvalue weighted by Gasteiger charge is -2.27. The summed E-state index contributed by atoms with van der Waals surface area (Å²) in [6.07, 6.45) is -0.0131. The first kappa shape index (κ1) is 28.1. The predicted octanol–water partition coefficient (Wildman–Crippen LogP) is 6.20. The summed E-state index contributed by atoms with van der Waals surface area (Å²) < 4.78 is 21.5. The van der Waals surface area contributed by atoms with Crippen LogP contribution in [0.5, 0.6) is 11.5 Å². The maximum atomic E-state index is 11.3. The van der Waals surface area contributed by atoms with Crippen LogP contribution in [0.3, 0.4) is 0 Å². The zero-order valence-electron chi connectivity index (χ0n) is 19.7. The fourth-order valence-corrected chi connectivity index (χ4v) is 3.88. The van der Waals surface area contributed by atoms with Crippen LogP contribution < -0.4 is 9.47 Å². The number of carbonyl (C=O) groups excluding carboxylic acids is 2. The third-order valence-corrected chi connectivity index (χ3v) is 5.89. The van der Waals surface area contributed by atoms with Gasteiger partial charge in [0, 0.05) is 25.1 Å². The monoisotopic (exact) mass is 530 g/mol. The molecule has 9 heteroatoms. The summed E-state index contributed by atoms with van der Waals surface area (Å²) in [4.78, 5) is 22.4. The minimum Gasteiger partial charge on any atom is -0.494 e. The fraction of sp³-hybridized carbons (Fsp3) is 0.440. The molecule has 0 aliphatic rings. The van der Waals surface area contributed by atoms with E-state index in [0.717, 1.165) is 23.3 Å². The van der Waals surface area contributed by atoms with Crippen LogP contribution >= 0.6 is 34.8 Å². The van der Waals surface area contributed by atoms with Crippen molar-refractivity contribution in [1.82, 2.24) is 0 Å². The highest BCUT2D eigenvalue weighted by Gasteiger charge is 2.26. The molecule has 2 aromatic rings. The average Bonchev–Trinajstić information content (AvgIpc) is 2.76. The Morgan fingerprint density at radius 2 is 1.53 bits per heavy atom. The SMILES string of the molecule is CC(=O)OCC(COc1c(Cl)cc(C(C)(C)c2ccc(OCCCCl)cc2)cc1Cl)OC(C)=O. The Hall–Kier alpha value is -2.15. The number of esters is 2. The van der Waals surface area contributed by atoms with E-state index in [1.807, 2.05) is 24.3 Å². The van der Waals surface area contributed by atoms with Crippen molar-refractivity contribution >= 4 is 46.7 Å².